The lowest BCUT2D eigenvalue weighted by atomic mass is 10.0. The first-order valence-electron chi connectivity index (χ1n) is 10.2. The van der Waals surface area contributed by atoms with E-state index in [2.05, 4.69) is 22.1 Å². The molecule has 0 aliphatic carbocycles. The molecule has 0 spiro atoms. The molecule has 1 aromatic carbocycles. The van der Waals surface area contributed by atoms with Crippen LogP contribution in [0.1, 0.15) is 30.3 Å². The Bertz CT molecular complexity index is 783. The fourth-order valence-corrected chi connectivity index (χ4v) is 4.40. The van der Waals surface area contributed by atoms with Crippen molar-refractivity contribution < 1.29 is 18.9 Å². The SMILES string of the molecule is C=CC[NH+]1CC[NH+]([C@@H](c2ccccc2F)c2nnnn2C[C@@H]2CCCO2)CC1. The number of nitrogens with one attached hydrogen (secondary N) is 2. The van der Waals surface area contributed by atoms with E-state index in [1.165, 1.54) is 15.9 Å². The highest BCUT2D eigenvalue weighted by molar-refractivity contribution is 5.24. The summed E-state index contributed by atoms with van der Waals surface area (Å²) in [4.78, 5) is 2.83. The van der Waals surface area contributed by atoms with Crippen LogP contribution in [0.5, 0.6) is 0 Å². The molecular weight excluding hydrogens is 359 g/mol. The highest BCUT2D eigenvalue weighted by Gasteiger charge is 2.37. The van der Waals surface area contributed by atoms with Crippen molar-refractivity contribution in [1.29, 1.82) is 0 Å². The van der Waals surface area contributed by atoms with Crippen molar-refractivity contribution in [2.75, 3.05) is 39.3 Å². The predicted octanol–water partition coefficient (Wildman–Crippen LogP) is -0.950. The van der Waals surface area contributed by atoms with Crippen molar-refractivity contribution >= 4 is 0 Å². The van der Waals surface area contributed by atoms with Gasteiger partial charge in [-0.25, -0.2) is 9.07 Å². The van der Waals surface area contributed by atoms with Crippen LogP contribution < -0.4 is 9.80 Å². The third kappa shape index (κ3) is 4.14. The monoisotopic (exact) mass is 388 g/mol. The molecule has 28 heavy (non-hydrogen) atoms. The minimum absolute atomic E-state index is 0.132. The molecule has 2 N–H and O–H groups in total. The molecule has 0 amide bonds. The normalized spacial score (nSPS) is 26.2. The number of piperazine rings is 1. The van der Waals surface area contributed by atoms with E-state index in [4.69, 9.17) is 4.74 Å². The quantitative estimate of drug-likeness (QED) is 0.601. The molecule has 3 heterocycles. The van der Waals surface area contributed by atoms with Crippen LogP contribution in [-0.2, 0) is 11.3 Å². The standard InChI is InChI=1S/C20H27FN6O/c1-2-9-25-10-12-26(13-11-25)19(17-7-3-4-8-18(17)21)20-22-23-24-27(20)15-16-6-5-14-28-16/h2-4,7-8,16,19H,1,5-6,9-15H2/p+2/t16-,19-/m0/s1. The first-order valence-corrected chi connectivity index (χ1v) is 10.2. The topological polar surface area (TPSA) is 61.7 Å². The molecule has 2 aromatic rings. The zero-order valence-corrected chi connectivity index (χ0v) is 16.2. The minimum Gasteiger partial charge on any atom is -0.376 e. The van der Waals surface area contributed by atoms with Crippen LogP contribution in [0.15, 0.2) is 36.9 Å². The van der Waals surface area contributed by atoms with Gasteiger partial charge in [-0.2, -0.15) is 0 Å². The number of nitrogens with zero attached hydrogens (tertiary/aromatic N) is 4. The van der Waals surface area contributed by atoms with Crippen LogP contribution >= 0.6 is 0 Å². The summed E-state index contributed by atoms with van der Waals surface area (Å²) < 4.78 is 22.4. The maximum absolute atomic E-state index is 14.8. The first-order chi connectivity index (χ1) is 13.8. The van der Waals surface area contributed by atoms with Crippen LogP contribution in [0.2, 0.25) is 0 Å². The fourth-order valence-electron chi connectivity index (χ4n) is 4.40. The van der Waals surface area contributed by atoms with Gasteiger partial charge in [0.15, 0.2) is 6.04 Å². The van der Waals surface area contributed by atoms with Crippen molar-refractivity contribution in [1.82, 2.24) is 20.2 Å². The summed E-state index contributed by atoms with van der Waals surface area (Å²) >= 11 is 0. The number of ether oxygens (including phenoxy) is 1. The van der Waals surface area contributed by atoms with Crippen molar-refractivity contribution in [3.8, 4) is 0 Å². The van der Waals surface area contributed by atoms with E-state index < -0.39 is 0 Å². The van der Waals surface area contributed by atoms with Gasteiger partial charge in [0.05, 0.1) is 24.8 Å². The van der Waals surface area contributed by atoms with E-state index in [0.717, 1.165) is 58.0 Å². The second kappa shape index (κ2) is 8.89. The third-order valence-corrected chi connectivity index (χ3v) is 5.88. The average Bonchev–Trinajstić information content (AvgIpc) is 3.38. The van der Waals surface area contributed by atoms with Gasteiger partial charge in [0, 0.05) is 6.61 Å². The Morgan fingerprint density at radius 1 is 1.29 bits per heavy atom. The molecule has 2 aliphatic heterocycles. The van der Waals surface area contributed by atoms with Crippen molar-refractivity contribution in [2.45, 2.75) is 31.5 Å². The second-order valence-corrected chi connectivity index (χ2v) is 7.71. The van der Waals surface area contributed by atoms with Crippen LogP contribution in [-0.4, -0.2) is 65.6 Å². The van der Waals surface area contributed by atoms with Gasteiger partial charge >= 0.3 is 0 Å². The van der Waals surface area contributed by atoms with E-state index in [1.54, 1.807) is 6.07 Å². The van der Waals surface area contributed by atoms with Gasteiger partial charge in [-0.3, -0.25) is 0 Å². The van der Waals surface area contributed by atoms with E-state index >= 15 is 0 Å². The summed E-state index contributed by atoms with van der Waals surface area (Å²) in [6.07, 6.45) is 4.18. The summed E-state index contributed by atoms with van der Waals surface area (Å²) in [6.45, 7) is 10.2. The Morgan fingerprint density at radius 3 is 2.82 bits per heavy atom. The number of tetrazole rings is 1. The lowest BCUT2D eigenvalue weighted by Gasteiger charge is -2.34. The van der Waals surface area contributed by atoms with Crippen molar-refractivity contribution in [3.63, 3.8) is 0 Å². The maximum Gasteiger partial charge on any atom is 0.214 e. The number of aromatic nitrogens is 4. The predicted molar refractivity (Wildman–Crippen MR) is 101 cm³/mol. The number of hydrogen-bond donors (Lipinski definition) is 2. The average molecular weight is 388 g/mol. The Hall–Kier alpha value is -2.16. The summed E-state index contributed by atoms with van der Waals surface area (Å²) in [5.41, 5.74) is 0.660. The van der Waals surface area contributed by atoms with E-state index in [1.807, 2.05) is 22.9 Å². The molecule has 0 unspecified atom stereocenters. The smallest absolute Gasteiger partial charge is 0.214 e. The number of benzene rings is 1. The Morgan fingerprint density at radius 2 is 2.11 bits per heavy atom. The molecule has 2 aliphatic rings. The third-order valence-electron chi connectivity index (χ3n) is 5.88. The molecule has 0 radical (unpaired) electrons. The van der Waals surface area contributed by atoms with Gasteiger partial charge in [0.25, 0.3) is 0 Å². The van der Waals surface area contributed by atoms with Gasteiger partial charge in [-0.05, 0) is 41.5 Å². The molecule has 2 saturated heterocycles. The Balaban J connectivity index is 1.62. The Labute approximate surface area is 164 Å². The van der Waals surface area contributed by atoms with Crippen LogP contribution in [0.25, 0.3) is 0 Å². The second-order valence-electron chi connectivity index (χ2n) is 7.71. The molecule has 150 valence electrons. The van der Waals surface area contributed by atoms with Gasteiger partial charge in [-0.1, -0.05) is 18.7 Å². The summed E-state index contributed by atoms with van der Waals surface area (Å²) in [7, 11) is 0. The lowest BCUT2D eigenvalue weighted by Crippen LogP contribution is -3.28. The van der Waals surface area contributed by atoms with Gasteiger partial charge < -0.3 is 14.5 Å². The molecule has 1 aromatic heterocycles. The number of rotatable bonds is 7. The molecule has 0 bridgehead atoms. The minimum atomic E-state index is -0.220. The molecule has 0 saturated carbocycles. The molecule has 4 rings (SSSR count). The zero-order valence-electron chi connectivity index (χ0n) is 16.2. The number of quaternary nitrogens is 2. The largest absolute Gasteiger partial charge is 0.376 e. The summed E-state index contributed by atoms with van der Waals surface area (Å²) in [5, 5.41) is 12.5. The van der Waals surface area contributed by atoms with Crippen LogP contribution in [0, 0.1) is 5.82 Å². The lowest BCUT2D eigenvalue weighted by molar-refractivity contribution is -1.02. The fraction of sp³-hybridized carbons (Fsp3) is 0.550. The van der Waals surface area contributed by atoms with E-state index in [0.29, 0.717) is 12.1 Å². The summed E-state index contributed by atoms with van der Waals surface area (Å²) in [6, 6.07) is 6.78. The Kier molecular flexibility index (Phi) is 6.09. The van der Waals surface area contributed by atoms with Crippen LogP contribution in [0.3, 0.4) is 0 Å². The number of hydrogen-bond acceptors (Lipinski definition) is 4. The van der Waals surface area contributed by atoms with Crippen LogP contribution in [0.4, 0.5) is 4.39 Å². The van der Waals surface area contributed by atoms with Crippen molar-refractivity contribution in [2.24, 2.45) is 0 Å². The highest BCUT2D eigenvalue weighted by atomic mass is 19.1. The first kappa shape index (κ1) is 19.2. The highest BCUT2D eigenvalue weighted by Crippen LogP contribution is 2.21. The van der Waals surface area contributed by atoms with Gasteiger partial charge in [-0.15, -0.1) is 5.10 Å². The molecule has 2 fully saturated rings. The molecule has 2 atom stereocenters. The maximum atomic E-state index is 14.8. The van der Waals surface area contributed by atoms with E-state index in [9.17, 15) is 4.39 Å². The van der Waals surface area contributed by atoms with Crippen molar-refractivity contribution in [3.05, 3.63) is 54.1 Å². The number of halogens is 1. The molecule has 8 heteroatoms. The zero-order chi connectivity index (χ0) is 19.3. The molecule has 7 nitrogen and oxygen atoms in total. The molecular formula is C20H29FN6O+2. The summed E-state index contributed by atoms with van der Waals surface area (Å²) in [5.74, 6) is 0.523. The van der Waals surface area contributed by atoms with Gasteiger partial charge in [0.2, 0.25) is 5.82 Å². The van der Waals surface area contributed by atoms with E-state index in [-0.39, 0.29) is 18.0 Å². The van der Waals surface area contributed by atoms with Gasteiger partial charge in [0.1, 0.15) is 32.0 Å².